The maximum atomic E-state index is 11.9. The van der Waals surface area contributed by atoms with Crippen LogP contribution in [0.1, 0.15) is 42.1 Å². The number of hydrogen-bond donors (Lipinski definition) is 2. The summed E-state index contributed by atoms with van der Waals surface area (Å²) >= 11 is 6.43. The Morgan fingerprint density at radius 1 is 0.893 bits per heavy atom. The molecule has 0 aromatic heterocycles. The van der Waals surface area contributed by atoms with Crippen molar-refractivity contribution >= 4 is 11.6 Å². The first kappa shape index (κ1) is 19.2. The summed E-state index contributed by atoms with van der Waals surface area (Å²) in [5.41, 5.74) is 2.54. The first-order valence-corrected chi connectivity index (χ1v) is 10.3. The second-order valence-electron chi connectivity index (χ2n) is 7.88. The third-order valence-electron chi connectivity index (χ3n) is 6.10. The second-order valence-corrected chi connectivity index (χ2v) is 8.29. The lowest BCUT2D eigenvalue weighted by atomic mass is 9.69. The van der Waals surface area contributed by atoms with Gasteiger partial charge in [-0.25, -0.2) is 0 Å². The molecule has 0 saturated carbocycles. The molecule has 1 saturated heterocycles. The van der Waals surface area contributed by atoms with Crippen LogP contribution in [-0.2, 0) is 6.42 Å². The van der Waals surface area contributed by atoms with E-state index in [9.17, 15) is 5.11 Å². The summed E-state index contributed by atoms with van der Waals surface area (Å²) in [6.45, 7) is 2.14. The fourth-order valence-electron chi connectivity index (χ4n) is 4.42. The Balaban J connectivity index is 1.72. The Kier molecular flexibility index (Phi) is 5.54. The molecule has 0 unspecified atom stereocenters. The zero-order valence-electron chi connectivity index (χ0n) is 16.1. The average molecular weight is 392 g/mol. The molecule has 2 nitrogen and oxygen atoms in total. The average Bonchev–Trinajstić information content (AvgIpc) is 2.73. The molecule has 3 heteroatoms. The van der Waals surface area contributed by atoms with Crippen LogP contribution in [0.4, 0.5) is 0 Å². The predicted molar refractivity (Wildman–Crippen MR) is 115 cm³/mol. The van der Waals surface area contributed by atoms with Crippen molar-refractivity contribution in [2.75, 3.05) is 0 Å². The van der Waals surface area contributed by atoms with Crippen molar-refractivity contribution < 1.29 is 5.11 Å². The van der Waals surface area contributed by atoms with Gasteiger partial charge in [0, 0.05) is 29.4 Å². The van der Waals surface area contributed by atoms with Crippen molar-refractivity contribution in [2.24, 2.45) is 5.92 Å². The molecule has 144 valence electrons. The lowest BCUT2D eigenvalue weighted by Gasteiger charge is -2.48. The summed E-state index contributed by atoms with van der Waals surface area (Å²) in [4.78, 5) is 0. The van der Waals surface area contributed by atoms with Crippen LogP contribution in [0.2, 0.25) is 5.02 Å². The number of hydrogen-bond acceptors (Lipinski definition) is 2. The van der Waals surface area contributed by atoms with E-state index in [4.69, 9.17) is 11.6 Å². The first-order valence-electron chi connectivity index (χ1n) is 9.88. The molecule has 3 aromatic carbocycles. The molecule has 28 heavy (non-hydrogen) atoms. The van der Waals surface area contributed by atoms with E-state index in [1.54, 1.807) is 0 Å². The molecule has 0 aliphatic carbocycles. The number of aliphatic hydroxyl groups is 1. The highest BCUT2D eigenvalue weighted by molar-refractivity contribution is 6.31. The first-order chi connectivity index (χ1) is 13.6. The van der Waals surface area contributed by atoms with E-state index < -0.39 is 5.60 Å². The number of halogens is 1. The highest BCUT2D eigenvalue weighted by Gasteiger charge is 2.46. The van der Waals surface area contributed by atoms with E-state index in [1.165, 1.54) is 11.1 Å². The Morgan fingerprint density at radius 3 is 2.11 bits per heavy atom. The van der Waals surface area contributed by atoms with Crippen molar-refractivity contribution in [1.82, 2.24) is 5.32 Å². The van der Waals surface area contributed by atoms with Crippen molar-refractivity contribution in [3.8, 4) is 0 Å². The topological polar surface area (TPSA) is 32.3 Å². The molecular weight excluding hydrogens is 366 g/mol. The van der Waals surface area contributed by atoms with Crippen molar-refractivity contribution in [3.05, 3.63) is 107 Å². The van der Waals surface area contributed by atoms with Crippen LogP contribution in [0.25, 0.3) is 0 Å². The quantitative estimate of drug-likeness (QED) is 0.595. The summed E-state index contributed by atoms with van der Waals surface area (Å²) in [6.07, 6.45) is 1.19. The number of rotatable bonds is 4. The van der Waals surface area contributed by atoms with Crippen LogP contribution in [0.5, 0.6) is 0 Å². The number of piperidine rings is 1. The molecule has 3 aromatic rings. The Morgan fingerprint density at radius 2 is 1.46 bits per heavy atom. The Bertz CT molecular complexity index is 914. The molecule has 1 aliphatic rings. The molecule has 2 N–H and O–H groups in total. The standard InChI is InChI=1S/C25H26ClNO/c1-18-24(20-12-6-3-7-13-20)27-23(19-10-4-2-5-11-19)17-25(18,28)16-21-14-8-9-15-22(21)26/h2-15,18,23-24,27-28H,16-17H2,1H3/t18-,23-,24+,25+/m1/s1. The summed E-state index contributed by atoms with van der Waals surface area (Å²) in [6, 6.07) is 28.8. The van der Waals surface area contributed by atoms with Crippen LogP contribution >= 0.6 is 11.6 Å². The summed E-state index contributed by atoms with van der Waals surface area (Å²) in [7, 11) is 0. The maximum Gasteiger partial charge on any atom is 0.0750 e. The summed E-state index contributed by atoms with van der Waals surface area (Å²) < 4.78 is 0. The van der Waals surface area contributed by atoms with Gasteiger partial charge in [-0.1, -0.05) is 97.4 Å². The fraction of sp³-hybridized carbons (Fsp3) is 0.280. The van der Waals surface area contributed by atoms with Gasteiger partial charge in [0.05, 0.1) is 5.60 Å². The van der Waals surface area contributed by atoms with E-state index in [-0.39, 0.29) is 18.0 Å². The highest BCUT2D eigenvalue weighted by Crippen LogP contribution is 2.45. The molecule has 0 radical (unpaired) electrons. The van der Waals surface area contributed by atoms with E-state index in [0.29, 0.717) is 17.9 Å². The van der Waals surface area contributed by atoms with Crippen LogP contribution < -0.4 is 5.32 Å². The third-order valence-corrected chi connectivity index (χ3v) is 6.47. The van der Waals surface area contributed by atoms with Gasteiger partial charge in [-0.2, -0.15) is 0 Å². The minimum atomic E-state index is -0.864. The minimum absolute atomic E-state index is 0.0335. The van der Waals surface area contributed by atoms with E-state index in [0.717, 1.165) is 5.56 Å². The SMILES string of the molecule is C[C@@H]1[C@@H](c2ccccc2)N[C@@H](c2ccccc2)C[C@@]1(O)Cc1ccccc1Cl. The van der Waals surface area contributed by atoms with Gasteiger partial charge in [-0.05, 0) is 29.2 Å². The third kappa shape index (κ3) is 3.86. The summed E-state index contributed by atoms with van der Waals surface area (Å²) in [5, 5.41) is 16.4. The van der Waals surface area contributed by atoms with Gasteiger partial charge in [-0.15, -0.1) is 0 Å². The van der Waals surface area contributed by atoms with Crippen molar-refractivity contribution in [1.29, 1.82) is 0 Å². The van der Waals surface area contributed by atoms with E-state index in [1.807, 2.05) is 36.4 Å². The smallest absolute Gasteiger partial charge is 0.0750 e. The van der Waals surface area contributed by atoms with Crippen LogP contribution in [-0.4, -0.2) is 10.7 Å². The molecule has 4 rings (SSSR count). The van der Waals surface area contributed by atoms with Gasteiger partial charge in [0.25, 0.3) is 0 Å². The summed E-state index contributed by atoms with van der Waals surface area (Å²) in [5.74, 6) is 0.0335. The van der Waals surface area contributed by atoms with E-state index >= 15 is 0 Å². The van der Waals surface area contributed by atoms with Crippen molar-refractivity contribution in [2.45, 2.75) is 37.5 Å². The van der Waals surface area contributed by atoms with Gasteiger partial charge in [0.1, 0.15) is 0 Å². The highest BCUT2D eigenvalue weighted by atomic mass is 35.5. The van der Waals surface area contributed by atoms with Gasteiger partial charge < -0.3 is 10.4 Å². The van der Waals surface area contributed by atoms with E-state index in [2.05, 4.69) is 60.8 Å². The zero-order chi connectivity index (χ0) is 19.6. The maximum absolute atomic E-state index is 11.9. The fourth-order valence-corrected chi connectivity index (χ4v) is 4.62. The Hall–Kier alpha value is -2.13. The minimum Gasteiger partial charge on any atom is -0.389 e. The lowest BCUT2D eigenvalue weighted by molar-refractivity contribution is -0.0674. The molecular formula is C25H26ClNO. The van der Waals surface area contributed by atoms with Crippen molar-refractivity contribution in [3.63, 3.8) is 0 Å². The van der Waals surface area contributed by atoms with Crippen LogP contribution in [0, 0.1) is 5.92 Å². The van der Waals surface area contributed by atoms with Gasteiger partial charge in [0.2, 0.25) is 0 Å². The molecule has 1 aliphatic heterocycles. The zero-order valence-corrected chi connectivity index (χ0v) is 16.8. The van der Waals surface area contributed by atoms with Gasteiger partial charge in [-0.3, -0.25) is 0 Å². The Labute approximate surface area is 172 Å². The monoisotopic (exact) mass is 391 g/mol. The molecule has 1 heterocycles. The largest absolute Gasteiger partial charge is 0.389 e. The van der Waals surface area contributed by atoms with Crippen LogP contribution in [0.3, 0.4) is 0 Å². The normalized spacial score (nSPS) is 27.5. The van der Waals surface area contributed by atoms with Gasteiger partial charge >= 0.3 is 0 Å². The molecule has 0 bridgehead atoms. The predicted octanol–water partition coefficient (Wildman–Crippen LogP) is 5.73. The molecule has 0 amide bonds. The molecule has 1 fully saturated rings. The second kappa shape index (κ2) is 8.08. The molecule has 4 atom stereocenters. The van der Waals surface area contributed by atoms with Crippen LogP contribution in [0.15, 0.2) is 84.9 Å². The van der Waals surface area contributed by atoms with Gasteiger partial charge in [0.15, 0.2) is 0 Å². The lowest BCUT2D eigenvalue weighted by Crippen LogP contribution is -2.53. The number of nitrogens with one attached hydrogen (secondary N) is 1. The molecule has 0 spiro atoms. The number of benzene rings is 3.